The number of benzene rings is 1. The first-order chi connectivity index (χ1) is 9.46. The number of ketones is 1. The van der Waals surface area contributed by atoms with Crippen LogP contribution in [-0.4, -0.2) is 12.0 Å². The van der Waals surface area contributed by atoms with Gasteiger partial charge in [0.1, 0.15) is 5.78 Å². The number of carbonyl (C=O) groups excluding carboxylic acids is 1. The molecule has 1 aromatic carbocycles. The Hall–Kier alpha value is -1.32. The molecule has 0 N–H and O–H groups in total. The zero-order valence-corrected chi connectivity index (χ0v) is 11.3. The average Bonchev–Trinajstić information content (AvgIpc) is 2.40. The molecule has 0 aliphatic heterocycles. The van der Waals surface area contributed by atoms with E-state index in [1.807, 2.05) is 30.3 Å². The topological polar surface area (TPSA) is 17.1 Å². The summed E-state index contributed by atoms with van der Waals surface area (Å²) >= 11 is 0. The van der Waals surface area contributed by atoms with Crippen molar-refractivity contribution in [2.75, 3.05) is 0 Å². The number of hydrogen-bond acceptors (Lipinski definition) is 1. The molecule has 0 saturated heterocycles. The molecule has 0 heterocycles. The zero-order valence-electron chi connectivity index (χ0n) is 11.3. The van der Waals surface area contributed by atoms with Crippen LogP contribution in [0, 0.1) is 5.92 Å². The van der Waals surface area contributed by atoms with Crippen molar-refractivity contribution in [3.8, 4) is 0 Å². The number of hydrogen-bond donors (Lipinski definition) is 0. The van der Waals surface area contributed by atoms with Gasteiger partial charge in [-0.1, -0.05) is 30.3 Å². The summed E-state index contributed by atoms with van der Waals surface area (Å²) in [6.45, 7) is 0. The molecule has 4 heteroatoms. The predicted molar refractivity (Wildman–Crippen MR) is 71.4 cm³/mol. The van der Waals surface area contributed by atoms with Crippen LogP contribution >= 0.6 is 0 Å². The van der Waals surface area contributed by atoms with Gasteiger partial charge < -0.3 is 0 Å². The van der Waals surface area contributed by atoms with Gasteiger partial charge in [0.25, 0.3) is 0 Å². The molecule has 1 fully saturated rings. The lowest BCUT2D eigenvalue weighted by Crippen LogP contribution is -2.24. The zero-order chi connectivity index (χ0) is 14.6. The molecule has 0 aromatic heterocycles. The van der Waals surface area contributed by atoms with Crippen LogP contribution in [0.3, 0.4) is 0 Å². The van der Waals surface area contributed by atoms with E-state index in [0.29, 0.717) is 25.2 Å². The molecule has 2 unspecified atom stereocenters. The van der Waals surface area contributed by atoms with E-state index in [9.17, 15) is 18.0 Å². The van der Waals surface area contributed by atoms with E-state index in [2.05, 4.69) is 0 Å². The predicted octanol–water partition coefficient (Wildman–Crippen LogP) is 4.87. The Bertz CT molecular complexity index is 439. The highest BCUT2D eigenvalue weighted by molar-refractivity contribution is 5.82. The Kier molecular flexibility index (Phi) is 4.84. The van der Waals surface area contributed by atoms with Gasteiger partial charge in [-0.2, -0.15) is 13.2 Å². The maximum Gasteiger partial charge on any atom is 0.389 e. The highest BCUT2D eigenvalue weighted by Crippen LogP contribution is 2.37. The Balaban J connectivity index is 1.90. The Morgan fingerprint density at radius 2 is 1.85 bits per heavy atom. The average molecular weight is 284 g/mol. The van der Waals surface area contributed by atoms with Crippen molar-refractivity contribution in [1.29, 1.82) is 0 Å². The van der Waals surface area contributed by atoms with Crippen LogP contribution in [0.25, 0.3) is 0 Å². The van der Waals surface area contributed by atoms with Crippen molar-refractivity contribution in [3.63, 3.8) is 0 Å². The molecule has 0 amide bonds. The SMILES string of the molecule is O=C1CCC(c2ccccc2)CC1CCCC(F)(F)F. The number of alkyl halides is 3. The summed E-state index contributed by atoms with van der Waals surface area (Å²) in [6.07, 6.45) is -2.47. The minimum atomic E-state index is -4.11. The lowest BCUT2D eigenvalue weighted by atomic mass is 9.75. The fourth-order valence-electron chi connectivity index (χ4n) is 2.97. The third kappa shape index (κ3) is 4.36. The van der Waals surface area contributed by atoms with Crippen molar-refractivity contribution in [1.82, 2.24) is 0 Å². The van der Waals surface area contributed by atoms with Crippen LogP contribution in [0.15, 0.2) is 30.3 Å². The molecule has 1 aliphatic carbocycles. The smallest absolute Gasteiger partial charge is 0.299 e. The van der Waals surface area contributed by atoms with Gasteiger partial charge in [-0.25, -0.2) is 0 Å². The van der Waals surface area contributed by atoms with E-state index in [-0.39, 0.29) is 18.1 Å². The van der Waals surface area contributed by atoms with Crippen LogP contribution in [0.4, 0.5) is 13.2 Å². The maximum atomic E-state index is 12.2. The van der Waals surface area contributed by atoms with E-state index >= 15 is 0 Å². The lowest BCUT2D eigenvalue weighted by Gasteiger charge is -2.28. The molecule has 0 bridgehead atoms. The summed E-state index contributed by atoms with van der Waals surface area (Å²) in [5.41, 5.74) is 1.20. The van der Waals surface area contributed by atoms with E-state index in [4.69, 9.17) is 0 Å². The van der Waals surface area contributed by atoms with E-state index in [1.54, 1.807) is 0 Å². The van der Waals surface area contributed by atoms with E-state index < -0.39 is 12.6 Å². The second-order valence-electron chi connectivity index (χ2n) is 5.55. The first-order valence-corrected chi connectivity index (χ1v) is 7.10. The summed E-state index contributed by atoms with van der Waals surface area (Å²) in [5.74, 6) is 0.250. The maximum absolute atomic E-state index is 12.2. The van der Waals surface area contributed by atoms with Gasteiger partial charge in [0.05, 0.1) is 0 Å². The fraction of sp³-hybridized carbons (Fsp3) is 0.562. The third-order valence-corrected chi connectivity index (χ3v) is 4.05. The molecule has 2 rings (SSSR count). The summed E-state index contributed by atoms with van der Waals surface area (Å²) in [6, 6.07) is 9.94. The molecule has 1 aromatic rings. The molecule has 1 nitrogen and oxygen atoms in total. The van der Waals surface area contributed by atoms with Crippen LogP contribution < -0.4 is 0 Å². The van der Waals surface area contributed by atoms with Crippen LogP contribution in [0.5, 0.6) is 0 Å². The van der Waals surface area contributed by atoms with Crippen molar-refractivity contribution in [2.45, 2.75) is 50.6 Å². The van der Waals surface area contributed by atoms with Gasteiger partial charge in [-0.05, 0) is 37.2 Å². The highest BCUT2D eigenvalue weighted by Gasteiger charge is 2.31. The minimum absolute atomic E-state index is 0.0570. The Labute approximate surface area is 117 Å². The van der Waals surface area contributed by atoms with Crippen LogP contribution in [0.2, 0.25) is 0 Å². The molecule has 2 atom stereocenters. The summed E-state index contributed by atoms with van der Waals surface area (Å²) in [5, 5.41) is 0. The normalized spacial score (nSPS) is 23.9. The van der Waals surface area contributed by atoms with Crippen molar-refractivity contribution < 1.29 is 18.0 Å². The Morgan fingerprint density at radius 1 is 1.15 bits per heavy atom. The van der Waals surface area contributed by atoms with E-state index in [0.717, 1.165) is 6.42 Å². The van der Waals surface area contributed by atoms with Crippen molar-refractivity contribution in [3.05, 3.63) is 35.9 Å². The molecule has 0 radical (unpaired) electrons. The highest BCUT2D eigenvalue weighted by atomic mass is 19.4. The lowest BCUT2D eigenvalue weighted by molar-refractivity contribution is -0.138. The van der Waals surface area contributed by atoms with Gasteiger partial charge in [0.15, 0.2) is 0 Å². The molecule has 1 saturated carbocycles. The third-order valence-electron chi connectivity index (χ3n) is 4.05. The van der Waals surface area contributed by atoms with Crippen molar-refractivity contribution in [2.24, 2.45) is 5.92 Å². The van der Waals surface area contributed by atoms with Gasteiger partial charge in [0, 0.05) is 18.8 Å². The second-order valence-corrected chi connectivity index (χ2v) is 5.55. The van der Waals surface area contributed by atoms with E-state index in [1.165, 1.54) is 5.56 Å². The monoisotopic (exact) mass is 284 g/mol. The first-order valence-electron chi connectivity index (χ1n) is 7.10. The fourth-order valence-corrected chi connectivity index (χ4v) is 2.97. The quantitative estimate of drug-likeness (QED) is 0.770. The molecule has 1 aliphatic rings. The summed E-state index contributed by atoms with van der Waals surface area (Å²) in [7, 11) is 0. The van der Waals surface area contributed by atoms with Gasteiger partial charge >= 0.3 is 6.18 Å². The molecule has 110 valence electrons. The number of halogens is 3. The number of rotatable bonds is 4. The van der Waals surface area contributed by atoms with Crippen molar-refractivity contribution >= 4 is 5.78 Å². The number of Topliss-reactive ketones (excluding diaryl/α,β-unsaturated/α-hetero) is 1. The van der Waals surface area contributed by atoms with Gasteiger partial charge in [-0.15, -0.1) is 0 Å². The Morgan fingerprint density at radius 3 is 2.50 bits per heavy atom. The minimum Gasteiger partial charge on any atom is -0.299 e. The molecular weight excluding hydrogens is 265 g/mol. The molecular formula is C16H19F3O. The number of carbonyl (C=O) groups is 1. The van der Waals surface area contributed by atoms with Crippen LogP contribution in [0.1, 0.15) is 50.0 Å². The van der Waals surface area contributed by atoms with Gasteiger partial charge in [-0.3, -0.25) is 4.79 Å². The summed E-state index contributed by atoms with van der Waals surface area (Å²) in [4.78, 5) is 11.8. The summed E-state index contributed by atoms with van der Waals surface area (Å²) < 4.78 is 36.5. The molecule has 0 spiro atoms. The standard InChI is InChI=1S/C16H19F3O/c17-16(18,19)10-4-7-14-11-13(8-9-15(14)20)12-5-2-1-3-6-12/h1-3,5-6,13-14H,4,7-11H2. The molecule has 20 heavy (non-hydrogen) atoms. The first kappa shape index (κ1) is 15.1. The largest absolute Gasteiger partial charge is 0.389 e. The second kappa shape index (κ2) is 6.42. The van der Waals surface area contributed by atoms with Gasteiger partial charge in [0.2, 0.25) is 0 Å². The van der Waals surface area contributed by atoms with Crippen LogP contribution in [-0.2, 0) is 4.79 Å².